The lowest BCUT2D eigenvalue weighted by molar-refractivity contribution is -0.143. The van der Waals surface area contributed by atoms with E-state index in [1.165, 1.54) is 0 Å². The van der Waals surface area contributed by atoms with Crippen molar-refractivity contribution in [3.05, 3.63) is 28.8 Å². The number of nitrogens with zero attached hydrogens (tertiary/aromatic N) is 2. The molecule has 0 atom stereocenters. The van der Waals surface area contributed by atoms with Crippen LogP contribution in [0.4, 0.5) is 26.3 Å². The maximum Gasteiger partial charge on any atom is 0.433 e. The molecule has 1 aromatic heterocycles. The number of nitriles is 1. The van der Waals surface area contributed by atoms with E-state index in [4.69, 9.17) is 5.26 Å². The molecule has 16 heavy (non-hydrogen) atoms. The Kier molecular flexibility index (Phi) is 3.07. The minimum absolute atomic E-state index is 0.268. The van der Waals surface area contributed by atoms with Crippen LogP contribution in [-0.4, -0.2) is 4.98 Å². The molecule has 0 saturated carbocycles. The van der Waals surface area contributed by atoms with E-state index < -0.39 is 35.2 Å². The average molecular weight is 240 g/mol. The largest absolute Gasteiger partial charge is 0.433 e. The zero-order chi connectivity index (χ0) is 12.5. The van der Waals surface area contributed by atoms with Gasteiger partial charge in [0.1, 0.15) is 11.6 Å². The van der Waals surface area contributed by atoms with Crippen LogP contribution >= 0.6 is 0 Å². The predicted octanol–water partition coefficient (Wildman–Crippen LogP) is 3.05. The van der Waals surface area contributed by atoms with Crippen molar-refractivity contribution >= 4 is 0 Å². The van der Waals surface area contributed by atoms with Crippen molar-refractivity contribution in [2.24, 2.45) is 0 Å². The fraction of sp³-hybridized carbons (Fsp3) is 0.250. The third-order valence-corrected chi connectivity index (χ3v) is 1.66. The van der Waals surface area contributed by atoms with Crippen molar-refractivity contribution in [1.29, 1.82) is 5.26 Å². The summed E-state index contributed by atoms with van der Waals surface area (Å²) in [5.74, 6) is -1.89. The molecule has 0 aliphatic heterocycles. The molecule has 1 aromatic rings. The summed E-state index contributed by atoms with van der Waals surface area (Å²) in [5.41, 5.74) is -4.87. The average Bonchev–Trinajstić information content (AvgIpc) is 2.15. The van der Waals surface area contributed by atoms with Gasteiger partial charge < -0.3 is 0 Å². The molecule has 0 amide bonds. The summed E-state index contributed by atoms with van der Waals surface area (Å²) in [6.45, 7) is 0. The predicted molar refractivity (Wildman–Crippen MR) is 38.9 cm³/mol. The lowest BCUT2D eigenvalue weighted by Crippen LogP contribution is -2.15. The Morgan fingerprint density at radius 2 is 1.88 bits per heavy atom. The second-order valence-electron chi connectivity index (χ2n) is 2.66. The molecule has 0 aliphatic carbocycles. The van der Waals surface area contributed by atoms with E-state index in [0.717, 1.165) is 6.07 Å². The number of pyridine rings is 1. The molecule has 8 heteroatoms. The molecule has 0 saturated heterocycles. The smallest absolute Gasteiger partial charge is 0.250 e. The summed E-state index contributed by atoms with van der Waals surface area (Å²) in [5, 5.41) is 8.26. The number of rotatable bonds is 1. The van der Waals surface area contributed by atoms with E-state index in [2.05, 4.69) is 4.98 Å². The Balaban J connectivity index is 3.55. The van der Waals surface area contributed by atoms with Crippen LogP contribution in [0.15, 0.2) is 6.20 Å². The van der Waals surface area contributed by atoms with Crippen LogP contribution in [0.3, 0.4) is 0 Å². The van der Waals surface area contributed by atoms with Crippen molar-refractivity contribution in [2.75, 3.05) is 0 Å². The van der Waals surface area contributed by atoms with E-state index >= 15 is 0 Å². The Bertz CT molecular complexity index is 445. The first-order valence-electron chi connectivity index (χ1n) is 3.73. The van der Waals surface area contributed by atoms with E-state index in [9.17, 15) is 26.3 Å². The highest BCUT2D eigenvalue weighted by Crippen LogP contribution is 2.36. The molecule has 1 heterocycles. The van der Waals surface area contributed by atoms with Gasteiger partial charge in [-0.05, 0) is 0 Å². The number of halogens is 6. The lowest BCUT2D eigenvalue weighted by atomic mass is 10.1. The van der Waals surface area contributed by atoms with Crippen LogP contribution in [0.5, 0.6) is 0 Å². The summed E-state index contributed by atoms with van der Waals surface area (Å²) in [6, 6.07) is 1.13. The minimum atomic E-state index is -5.19. The molecule has 1 rings (SSSR count). The number of aromatic nitrogens is 1. The number of hydrogen-bond donors (Lipinski definition) is 0. The summed E-state index contributed by atoms with van der Waals surface area (Å²) in [6.07, 6.45) is -8.62. The van der Waals surface area contributed by atoms with Crippen molar-refractivity contribution < 1.29 is 26.3 Å². The maximum atomic E-state index is 13.1. The maximum absolute atomic E-state index is 13.1. The number of hydrogen-bond acceptors (Lipinski definition) is 2. The molecule has 0 unspecified atom stereocenters. The van der Waals surface area contributed by atoms with Gasteiger partial charge in [-0.2, -0.15) is 18.4 Å². The Morgan fingerprint density at radius 1 is 1.31 bits per heavy atom. The summed E-state index contributed by atoms with van der Waals surface area (Å²) in [7, 11) is 0. The third kappa shape index (κ3) is 2.08. The molecule has 2 nitrogen and oxygen atoms in total. The molecular weight excluding hydrogens is 238 g/mol. The Morgan fingerprint density at radius 3 is 2.25 bits per heavy atom. The van der Waals surface area contributed by atoms with Crippen LogP contribution in [0.1, 0.15) is 23.2 Å². The molecular formula is C8H2F6N2. The van der Waals surface area contributed by atoms with Crippen molar-refractivity contribution in [3.63, 3.8) is 0 Å². The van der Waals surface area contributed by atoms with Crippen molar-refractivity contribution in [1.82, 2.24) is 4.98 Å². The van der Waals surface area contributed by atoms with E-state index in [1.807, 2.05) is 0 Å². The van der Waals surface area contributed by atoms with E-state index in [1.54, 1.807) is 0 Å². The minimum Gasteiger partial charge on any atom is -0.250 e. The quantitative estimate of drug-likeness (QED) is 0.707. The van der Waals surface area contributed by atoms with Gasteiger partial charge in [-0.25, -0.2) is 18.2 Å². The van der Waals surface area contributed by atoms with Gasteiger partial charge in [-0.1, -0.05) is 0 Å². The monoisotopic (exact) mass is 240 g/mol. The van der Waals surface area contributed by atoms with Gasteiger partial charge in [0.2, 0.25) is 0 Å². The second-order valence-corrected chi connectivity index (χ2v) is 2.66. The molecule has 0 radical (unpaired) electrons. The normalized spacial score (nSPS) is 11.6. The summed E-state index contributed by atoms with van der Waals surface area (Å²) < 4.78 is 74.1. The Labute approximate surface area is 85.1 Å². The van der Waals surface area contributed by atoms with Crippen LogP contribution in [0.2, 0.25) is 0 Å². The highest BCUT2D eigenvalue weighted by molar-refractivity contribution is 5.36. The molecule has 0 bridgehead atoms. The van der Waals surface area contributed by atoms with Gasteiger partial charge in [0.25, 0.3) is 6.43 Å². The molecule has 0 fully saturated rings. The fourth-order valence-corrected chi connectivity index (χ4v) is 1.01. The van der Waals surface area contributed by atoms with Gasteiger partial charge in [0.05, 0.1) is 5.56 Å². The van der Waals surface area contributed by atoms with Crippen LogP contribution < -0.4 is 0 Å². The lowest BCUT2D eigenvalue weighted by Gasteiger charge is -2.12. The third-order valence-electron chi connectivity index (χ3n) is 1.66. The zero-order valence-electron chi connectivity index (χ0n) is 7.32. The molecule has 86 valence electrons. The van der Waals surface area contributed by atoms with Gasteiger partial charge in [0.15, 0.2) is 11.5 Å². The SMILES string of the molecule is N#Cc1cnc(C(F)(F)F)c(C(F)F)c1F. The first-order valence-corrected chi connectivity index (χ1v) is 3.73. The highest BCUT2D eigenvalue weighted by Gasteiger charge is 2.40. The van der Waals surface area contributed by atoms with Crippen molar-refractivity contribution in [3.8, 4) is 6.07 Å². The van der Waals surface area contributed by atoms with E-state index in [0.29, 0.717) is 0 Å². The topological polar surface area (TPSA) is 36.7 Å². The van der Waals surface area contributed by atoms with Crippen LogP contribution in [0.25, 0.3) is 0 Å². The zero-order valence-corrected chi connectivity index (χ0v) is 7.32. The van der Waals surface area contributed by atoms with Crippen molar-refractivity contribution in [2.45, 2.75) is 12.6 Å². The fourth-order valence-electron chi connectivity index (χ4n) is 1.01. The number of alkyl halides is 5. The van der Waals surface area contributed by atoms with E-state index in [-0.39, 0.29) is 6.20 Å². The van der Waals surface area contributed by atoms with Crippen LogP contribution in [-0.2, 0) is 6.18 Å². The summed E-state index contributed by atoms with van der Waals surface area (Å²) >= 11 is 0. The molecule has 0 aliphatic rings. The first-order chi connectivity index (χ1) is 7.29. The van der Waals surface area contributed by atoms with Crippen LogP contribution in [0, 0.1) is 17.1 Å². The Hall–Kier alpha value is -1.78. The highest BCUT2D eigenvalue weighted by atomic mass is 19.4. The second kappa shape index (κ2) is 4.00. The standard InChI is InChI=1S/C8H2F6N2/c9-5-3(1-15)2-16-6(8(12,13)14)4(5)7(10)11/h2,7H. The molecule has 0 aromatic carbocycles. The molecule has 0 spiro atoms. The van der Waals surface area contributed by atoms with Gasteiger partial charge in [-0.3, -0.25) is 0 Å². The summed E-state index contributed by atoms with van der Waals surface area (Å²) in [4.78, 5) is 2.64. The van der Waals surface area contributed by atoms with Gasteiger partial charge >= 0.3 is 6.18 Å². The van der Waals surface area contributed by atoms with Gasteiger partial charge in [-0.15, -0.1) is 0 Å². The van der Waals surface area contributed by atoms with Gasteiger partial charge in [0, 0.05) is 6.20 Å². The first kappa shape index (κ1) is 12.3. The molecule has 0 N–H and O–H groups in total.